The molecule has 156 valence electrons. The molecule has 1 aliphatic heterocycles. The van der Waals surface area contributed by atoms with Crippen LogP contribution in [0, 0.1) is 0 Å². The standard InChI is InChI=1S/C22H24ClN5OS/c1-22(2)13-27(12-15-3-6-17-18(11-15)25-14-26-21(17)24)9-10-28(22)20(29)8-5-16-4-7-19(23)30-16/h3-8,11,14H,9-10,12-13H2,1-2H3,(H2,24,25,26). The van der Waals surface area contributed by atoms with E-state index in [0.717, 1.165) is 39.8 Å². The number of nitrogens with zero attached hydrogens (tertiary/aromatic N) is 4. The molecule has 0 bridgehead atoms. The first kappa shape index (κ1) is 20.8. The normalized spacial score (nSPS) is 17.1. The number of nitrogens with two attached hydrogens (primary N) is 1. The Kier molecular flexibility index (Phi) is 5.77. The Labute approximate surface area is 185 Å². The van der Waals surface area contributed by atoms with Crippen LogP contribution >= 0.6 is 22.9 Å². The number of aromatic nitrogens is 2. The molecule has 0 aliphatic carbocycles. The smallest absolute Gasteiger partial charge is 0.247 e. The van der Waals surface area contributed by atoms with Gasteiger partial charge in [0.15, 0.2) is 0 Å². The molecule has 6 nitrogen and oxygen atoms in total. The highest BCUT2D eigenvalue weighted by atomic mass is 35.5. The molecular weight excluding hydrogens is 418 g/mol. The molecule has 0 saturated carbocycles. The molecule has 3 heterocycles. The summed E-state index contributed by atoms with van der Waals surface area (Å²) in [4.78, 5) is 26.5. The van der Waals surface area contributed by atoms with Gasteiger partial charge in [0.05, 0.1) is 15.4 Å². The molecule has 1 fully saturated rings. The van der Waals surface area contributed by atoms with Crippen molar-refractivity contribution in [3.63, 3.8) is 0 Å². The Morgan fingerprint density at radius 1 is 1.27 bits per heavy atom. The van der Waals surface area contributed by atoms with E-state index < -0.39 is 0 Å². The first-order valence-electron chi connectivity index (χ1n) is 9.78. The minimum atomic E-state index is -0.268. The quantitative estimate of drug-likeness (QED) is 0.618. The molecule has 30 heavy (non-hydrogen) atoms. The Balaban J connectivity index is 1.42. The molecule has 0 unspecified atom stereocenters. The van der Waals surface area contributed by atoms with Crippen molar-refractivity contribution in [2.24, 2.45) is 0 Å². The van der Waals surface area contributed by atoms with E-state index in [1.54, 1.807) is 6.08 Å². The van der Waals surface area contributed by atoms with Gasteiger partial charge in [-0.2, -0.15) is 0 Å². The van der Waals surface area contributed by atoms with E-state index in [1.165, 1.54) is 23.2 Å². The van der Waals surface area contributed by atoms with Crippen LogP contribution in [0.3, 0.4) is 0 Å². The number of hydrogen-bond acceptors (Lipinski definition) is 6. The van der Waals surface area contributed by atoms with Crippen LogP contribution in [0.25, 0.3) is 17.0 Å². The lowest BCUT2D eigenvalue weighted by atomic mass is 9.97. The summed E-state index contributed by atoms with van der Waals surface area (Å²) in [5, 5.41) is 0.871. The Morgan fingerprint density at radius 2 is 2.10 bits per heavy atom. The number of amides is 1. The molecule has 0 radical (unpaired) electrons. The third-order valence-electron chi connectivity index (χ3n) is 5.37. The number of hydrogen-bond donors (Lipinski definition) is 1. The molecule has 1 saturated heterocycles. The third kappa shape index (κ3) is 4.48. The maximum absolute atomic E-state index is 12.8. The molecule has 0 atom stereocenters. The van der Waals surface area contributed by atoms with Crippen LogP contribution in [0.4, 0.5) is 5.82 Å². The van der Waals surface area contributed by atoms with Crippen molar-refractivity contribution < 1.29 is 4.79 Å². The lowest BCUT2D eigenvalue weighted by Crippen LogP contribution is -2.60. The molecule has 0 spiro atoms. The zero-order valence-corrected chi connectivity index (χ0v) is 18.6. The number of carbonyl (C=O) groups excluding carboxylic acids is 1. The summed E-state index contributed by atoms with van der Waals surface area (Å²) in [7, 11) is 0. The molecule has 8 heteroatoms. The van der Waals surface area contributed by atoms with E-state index in [2.05, 4.69) is 40.8 Å². The Morgan fingerprint density at radius 3 is 2.83 bits per heavy atom. The van der Waals surface area contributed by atoms with E-state index in [1.807, 2.05) is 29.2 Å². The van der Waals surface area contributed by atoms with Crippen molar-refractivity contribution in [3.05, 3.63) is 57.5 Å². The number of thiophene rings is 1. The summed E-state index contributed by atoms with van der Waals surface area (Å²) in [6, 6.07) is 9.87. The van der Waals surface area contributed by atoms with Crippen molar-refractivity contribution in [3.8, 4) is 0 Å². The molecule has 1 amide bonds. The maximum Gasteiger partial charge on any atom is 0.247 e. The molecular formula is C22H24ClN5OS. The van der Waals surface area contributed by atoms with Crippen molar-refractivity contribution >= 4 is 51.6 Å². The van der Waals surface area contributed by atoms with Gasteiger partial charge in [0.2, 0.25) is 5.91 Å². The summed E-state index contributed by atoms with van der Waals surface area (Å²) < 4.78 is 0.721. The number of nitrogen functional groups attached to an aromatic ring is 1. The van der Waals surface area contributed by atoms with Gasteiger partial charge >= 0.3 is 0 Å². The van der Waals surface area contributed by atoms with Gasteiger partial charge in [-0.3, -0.25) is 9.69 Å². The summed E-state index contributed by atoms with van der Waals surface area (Å²) in [6.45, 7) is 7.32. The lowest BCUT2D eigenvalue weighted by Gasteiger charge is -2.47. The van der Waals surface area contributed by atoms with Gasteiger partial charge in [-0.15, -0.1) is 11.3 Å². The first-order chi connectivity index (χ1) is 14.3. The van der Waals surface area contributed by atoms with Crippen molar-refractivity contribution in [2.75, 3.05) is 25.4 Å². The van der Waals surface area contributed by atoms with Crippen LogP contribution < -0.4 is 5.73 Å². The van der Waals surface area contributed by atoms with Gasteiger partial charge in [0.25, 0.3) is 0 Å². The highest BCUT2D eigenvalue weighted by molar-refractivity contribution is 7.17. The van der Waals surface area contributed by atoms with Gasteiger partial charge in [-0.25, -0.2) is 9.97 Å². The summed E-state index contributed by atoms with van der Waals surface area (Å²) >= 11 is 7.42. The predicted octanol–water partition coefficient (Wildman–Crippen LogP) is 4.06. The van der Waals surface area contributed by atoms with Crippen LogP contribution in [0.15, 0.2) is 42.7 Å². The number of rotatable bonds is 4. The van der Waals surface area contributed by atoms with Gasteiger partial charge < -0.3 is 10.6 Å². The number of carbonyl (C=O) groups is 1. The van der Waals surface area contributed by atoms with Crippen LogP contribution in [-0.2, 0) is 11.3 Å². The zero-order valence-electron chi connectivity index (χ0n) is 17.0. The van der Waals surface area contributed by atoms with E-state index in [4.69, 9.17) is 17.3 Å². The monoisotopic (exact) mass is 441 g/mol. The fourth-order valence-electron chi connectivity index (χ4n) is 3.94. The second kappa shape index (κ2) is 8.34. The highest BCUT2D eigenvalue weighted by Crippen LogP contribution is 2.26. The molecule has 1 aliphatic rings. The van der Waals surface area contributed by atoms with E-state index in [0.29, 0.717) is 12.4 Å². The van der Waals surface area contributed by atoms with Crippen LogP contribution in [-0.4, -0.2) is 50.8 Å². The van der Waals surface area contributed by atoms with Crippen molar-refractivity contribution in [1.82, 2.24) is 19.8 Å². The number of fused-ring (bicyclic) bond motifs is 1. The second-order valence-electron chi connectivity index (χ2n) is 8.10. The van der Waals surface area contributed by atoms with Gasteiger partial charge in [-0.05, 0) is 49.8 Å². The average molecular weight is 442 g/mol. The fourth-order valence-corrected chi connectivity index (χ4v) is 4.90. The molecule has 2 N–H and O–H groups in total. The zero-order chi connectivity index (χ0) is 21.3. The molecule has 3 aromatic rings. The lowest BCUT2D eigenvalue weighted by molar-refractivity contribution is -0.135. The van der Waals surface area contributed by atoms with E-state index >= 15 is 0 Å². The minimum Gasteiger partial charge on any atom is -0.383 e. The number of benzene rings is 1. The summed E-state index contributed by atoms with van der Waals surface area (Å²) in [6.07, 6.45) is 4.98. The van der Waals surface area contributed by atoms with Crippen LogP contribution in [0.5, 0.6) is 0 Å². The largest absolute Gasteiger partial charge is 0.383 e. The number of anilines is 1. The maximum atomic E-state index is 12.8. The SMILES string of the molecule is CC1(C)CN(Cc2ccc3c(N)ncnc3c2)CCN1C(=O)C=Cc1ccc(Cl)s1. The van der Waals surface area contributed by atoms with Crippen LogP contribution in [0.1, 0.15) is 24.3 Å². The Bertz CT molecular complexity index is 1110. The van der Waals surface area contributed by atoms with E-state index in [9.17, 15) is 4.79 Å². The minimum absolute atomic E-state index is 0.0297. The van der Waals surface area contributed by atoms with Crippen LogP contribution in [0.2, 0.25) is 4.34 Å². The van der Waals surface area contributed by atoms with Crippen molar-refractivity contribution in [2.45, 2.75) is 25.9 Å². The topological polar surface area (TPSA) is 75.3 Å². The number of piperazine rings is 1. The fraction of sp³-hybridized carbons (Fsp3) is 0.318. The second-order valence-corrected chi connectivity index (χ2v) is 9.85. The summed E-state index contributed by atoms with van der Waals surface area (Å²) in [5.74, 6) is 0.528. The number of halogens is 1. The average Bonchev–Trinajstić information content (AvgIpc) is 3.11. The van der Waals surface area contributed by atoms with Gasteiger partial charge in [0.1, 0.15) is 12.1 Å². The molecule has 4 rings (SSSR count). The first-order valence-corrected chi connectivity index (χ1v) is 11.0. The predicted molar refractivity (Wildman–Crippen MR) is 123 cm³/mol. The van der Waals surface area contributed by atoms with E-state index in [-0.39, 0.29) is 11.4 Å². The molecule has 2 aromatic heterocycles. The Hall–Kier alpha value is -2.48. The van der Waals surface area contributed by atoms with Gasteiger partial charge in [-0.1, -0.05) is 17.7 Å². The third-order valence-corrected chi connectivity index (χ3v) is 6.57. The van der Waals surface area contributed by atoms with Crippen molar-refractivity contribution in [1.29, 1.82) is 0 Å². The molecule has 1 aromatic carbocycles. The summed E-state index contributed by atoms with van der Waals surface area (Å²) in [5.41, 5.74) is 7.68. The van der Waals surface area contributed by atoms with Gasteiger partial charge in [0, 0.05) is 42.5 Å². The highest BCUT2D eigenvalue weighted by Gasteiger charge is 2.35.